The molecule has 0 fully saturated rings. The van der Waals surface area contributed by atoms with Crippen LogP contribution in [0.1, 0.15) is 16.1 Å². The molecular formula is C13H9ClN4O2S. The molecule has 3 aromatic rings. The van der Waals surface area contributed by atoms with Crippen molar-refractivity contribution in [3.05, 3.63) is 50.9 Å². The van der Waals surface area contributed by atoms with E-state index in [1.807, 2.05) is 0 Å². The smallest absolute Gasteiger partial charge is 0.261 e. The van der Waals surface area contributed by atoms with E-state index in [2.05, 4.69) is 19.0 Å². The number of fused-ring (bicyclic) bond motifs is 1. The highest BCUT2D eigenvalue weighted by molar-refractivity contribution is 7.00. The number of nitrogens with zero attached hydrogens (tertiary/aromatic N) is 2. The first-order valence-electron chi connectivity index (χ1n) is 5.97. The number of aromatic nitrogens is 3. The average molecular weight is 321 g/mol. The molecule has 0 aliphatic carbocycles. The van der Waals surface area contributed by atoms with Crippen molar-refractivity contribution in [2.45, 2.75) is 6.92 Å². The number of pyridine rings is 1. The van der Waals surface area contributed by atoms with Crippen LogP contribution in [0.5, 0.6) is 0 Å². The highest BCUT2D eigenvalue weighted by Crippen LogP contribution is 2.30. The van der Waals surface area contributed by atoms with Gasteiger partial charge < -0.3 is 10.3 Å². The van der Waals surface area contributed by atoms with Crippen LogP contribution < -0.4 is 10.7 Å². The highest BCUT2D eigenvalue weighted by Gasteiger charge is 2.16. The maximum atomic E-state index is 12.2. The second-order valence-corrected chi connectivity index (χ2v) is 5.34. The van der Waals surface area contributed by atoms with Crippen molar-refractivity contribution < 1.29 is 4.79 Å². The number of amides is 1. The molecule has 1 amide bonds. The molecule has 0 saturated heterocycles. The zero-order chi connectivity index (χ0) is 15.0. The van der Waals surface area contributed by atoms with Gasteiger partial charge in [0.2, 0.25) is 0 Å². The fraction of sp³-hybridized carbons (Fsp3) is 0.0769. The third-order valence-corrected chi connectivity index (χ3v) is 3.78. The van der Waals surface area contributed by atoms with Gasteiger partial charge in [0, 0.05) is 18.0 Å². The first-order valence-corrected chi connectivity index (χ1v) is 7.08. The summed E-state index contributed by atoms with van der Waals surface area (Å²) in [6, 6.07) is 4.71. The summed E-state index contributed by atoms with van der Waals surface area (Å²) < 4.78 is 8.19. The third-order valence-electron chi connectivity index (χ3n) is 2.92. The summed E-state index contributed by atoms with van der Waals surface area (Å²) in [6.45, 7) is 1.74. The van der Waals surface area contributed by atoms with Crippen LogP contribution in [0.2, 0.25) is 5.02 Å². The van der Waals surface area contributed by atoms with Gasteiger partial charge in [-0.2, -0.15) is 8.75 Å². The van der Waals surface area contributed by atoms with Crippen molar-refractivity contribution in [2.75, 3.05) is 5.32 Å². The lowest BCUT2D eigenvalue weighted by Crippen LogP contribution is -2.21. The number of carbonyl (C=O) groups is 1. The standard InChI is InChI=1S/C13H9ClN4O2S/c1-6-4-10(19)7(5-15-6)13(20)16-11-8(14)2-3-9-12(11)18-21-17-9/h2-5H,1H3,(H,15,19)(H,16,20). The summed E-state index contributed by atoms with van der Waals surface area (Å²) in [4.78, 5) is 26.9. The van der Waals surface area contributed by atoms with Crippen LogP contribution in [0, 0.1) is 6.92 Å². The second-order valence-electron chi connectivity index (χ2n) is 4.40. The molecule has 2 N–H and O–H groups in total. The Hall–Kier alpha value is -2.25. The molecule has 1 aromatic carbocycles. The number of rotatable bonds is 2. The van der Waals surface area contributed by atoms with Gasteiger partial charge in [0.05, 0.1) is 22.4 Å². The number of benzene rings is 1. The molecule has 0 atom stereocenters. The monoisotopic (exact) mass is 320 g/mol. The van der Waals surface area contributed by atoms with E-state index in [4.69, 9.17) is 11.6 Å². The quantitative estimate of drug-likeness (QED) is 0.759. The summed E-state index contributed by atoms with van der Waals surface area (Å²) in [7, 11) is 0. The van der Waals surface area contributed by atoms with Crippen LogP contribution in [-0.2, 0) is 0 Å². The molecule has 2 aromatic heterocycles. The molecule has 0 radical (unpaired) electrons. The van der Waals surface area contributed by atoms with Crippen LogP contribution >= 0.6 is 23.3 Å². The van der Waals surface area contributed by atoms with E-state index < -0.39 is 5.91 Å². The number of hydrogen-bond donors (Lipinski definition) is 2. The van der Waals surface area contributed by atoms with Gasteiger partial charge in [0.1, 0.15) is 16.6 Å². The van der Waals surface area contributed by atoms with Gasteiger partial charge in [-0.1, -0.05) is 11.6 Å². The number of hydrogen-bond acceptors (Lipinski definition) is 5. The van der Waals surface area contributed by atoms with Gasteiger partial charge in [-0.15, -0.1) is 0 Å². The molecule has 106 valence electrons. The van der Waals surface area contributed by atoms with Crippen molar-refractivity contribution in [1.29, 1.82) is 0 Å². The number of H-pyrrole nitrogens is 1. The van der Waals surface area contributed by atoms with Crippen LogP contribution in [0.3, 0.4) is 0 Å². The lowest BCUT2D eigenvalue weighted by Gasteiger charge is -2.07. The SMILES string of the molecule is Cc1cc(=O)c(C(=O)Nc2c(Cl)ccc3nsnc23)c[nH]1. The fourth-order valence-corrected chi connectivity index (χ4v) is 2.62. The number of carbonyl (C=O) groups excluding carboxylic acids is 1. The van der Waals surface area contributed by atoms with Gasteiger partial charge in [0.15, 0.2) is 5.43 Å². The zero-order valence-electron chi connectivity index (χ0n) is 10.8. The Bertz CT molecular complexity index is 903. The fourth-order valence-electron chi connectivity index (χ4n) is 1.88. The maximum Gasteiger partial charge on any atom is 0.261 e. The average Bonchev–Trinajstić information content (AvgIpc) is 2.90. The first kappa shape index (κ1) is 13.7. The summed E-state index contributed by atoms with van der Waals surface area (Å²) in [6.07, 6.45) is 1.38. The molecule has 21 heavy (non-hydrogen) atoms. The van der Waals surface area contributed by atoms with Gasteiger partial charge >= 0.3 is 0 Å². The van der Waals surface area contributed by atoms with Crippen molar-refractivity contribution in [1.82, 2.24) is 13.7 Å². The van der Waals surface area contributed by atoms with Crippen molar-refractivity contribution in [3.8, 4) is 0 Å². The number of aromatic amines is 1. The first-order chi connectivity index (χ1) is 10.1. The lowest BCUT2D eigenvalue weighted by atomic mass is 10.2. The zero-order valence-corrected chi connectivity index (χ0v) is 12.4. The number of anilines is 1. The molecule has 2 heterocycles. The normalized spacial score (nSPS) is 10.8. The Balaban J connectivity index is 2.02. The Morgan fingerprint density at radius 2 is 2.19 bits per heavy atom. The van der Waals surface area contributed by atoms with E-state index in [0.29, 0.717) is 27.4 Å². The minimum atomic E-state index is -0.543. The van der Waals surface area contributed by atoms with Crippen molar-refractivity contribution in [3.63, 3.8) is 0 Å². The largest absolute Gasteiger partial charge is 0.364 e. The van der Waals surface area contributed by atoms with E-state index >= 15 is 0 Å². The minimum Gasteiger partial charge on any atom is -0.364 e. The molecule has 0 spiro atoms. The molecular weight excluding hydrogens is 312 g/mol. The summed E-state index contributed by atoms with van der Waals surface area (Å²) >= 11 is 7.12. The summed E-state index contributed by atoms with van der Waals surface area (Å²) in [5.74, 6) is -0.543. The Morgan fingerprint density at radius 1 is 1.38 bits per heavy atom. The maximum absolute atomic E-state index is 12.2. The van der Waals surface area contributed by atoms with Gasteiger partial charge in [-0.25, -0.2) is 0 Å². The highest BCUT2D eigenvalue weighted by atomic mass is 35.5. The topological polar surface area (TPSA) is 87.7 Å². The van der Waals surface area contributed by atoms with E-state index in [0.717, 1.165) is 11.7 Å². The predicted octanol–water partition coefficient (Wildman–Crippen LogP) is 2.59. The van der Waals surface area contributed by atoms with Crippen LogP contribution in [-0.4, -0.2) is 19.6 Å². The van der Waals surface area contributed by atoms with E-state index in [-0.39, 0.29) is 11.0 Å². The Kier molecular flexibility index (Phi) is 3.44. The van der Waals surface area contributed by atoms with Crippen molar-refractivity contribution >= 4 is 46.0 Å². The molecule has 0 bridgehead atoms. The van der Waals surface area contributed by atoms with E-state index in [1.54, 1.807) is 19.1 Å². The number of halogens is 1. The summed E-state index contributed by atoms with van der Waals surface area (Å²) in [5, 5.41) is 2.97. The lowest BCUT2D eigenvalue weighted by molar-refractivity contribution is 0.102. The molecule has 0 aliphatic heterocycles. The molecule has 0 saturated carbocycles. The van der Waals surface area contributed by atoms with E-state index in [9.17, 15) is 9.59 Å². The van der Waals surface area contributed by atoms with Crippen LogP contribution in [0.25, 0.3) is 11.0 Å². The predicted molar refractivity (Wildman–Crippen MR) is 82.2 cm³/mol. The Morgan fingerprint density at radius 3 is 2.95 bits per heavy atom. The van der Waals surface area contributed by atoms with Crippen LogP contribution in [0.4, 0.5) is 5.69 Å². The van der Waals surface area contributed by atoms with Gasteiger partial charge in [-0.05, 0) is 19.1 Å². The minimum absolute atomic E-state index is 0.0110. The van der Waals surface area contributed by atoms with Crippen molar-refractivity contribution in [2.24, 2.45) is 0 Å². The Labute approximate surface area is 128 Å². The van der Waals surface area contributed by atoms with Crippen LogP contribution in [0.15, 0.2) is 29.2 Å². The molecule has 8 heteroatoms. The number of aryl methyl sites for hydroxylation is 1. The third kappa shape index (κ3) is 2.53. The number of nitrogens with one attached hydrogen (secondary N) is 2. The molecule has 0 unspecified atom stereocenters. The molecule has 0 aliphatic rings. The summed E-state index contributed by atoms with van der Waals surface area (Å²) in [5.41, 5.74) is 1.83. The molecule has 3 rings (SSSR count). The molecule has 6 nitrogen and oxygen atoms in total. The van der Waals surface area contributed by atoms with E-state index in [1.165, 1.54) is 12.3 Å². The second kappa shape index (κ2) is 5.27. The van der Waals surface area contributed by atoms with Gasteiger partial charge in [-0.3, -0.25) is 9.59 Å². The van der Waals surface area contributed by atoms with Gasteiger partial charge in [0.25, 0.3) is 5.91 Å².